The molecular weight excluding hydrogens is 607 g/mol. The second-order valence-corrected chi connectivity index (χ2v) is 12.5. The van der Waals surface area contributed by atoms with Crippen LogP contribution in [0.25, 0.3) is 66.4 Å². The predicted octanol–water partition coefficient (Wildman–Crippen LogP) is 13.7. The maximum absolute atomic E-state index is 6.67. The Kier molecular flexibility index (Phi) is 7.53. The van der Waals surface area contributed by atoms with Crippen molar-refractivity contribution in [3.8, 4) is 44.5 Å². The summed E-state index contributed by atoms with van der Waals surface area (Å²) in [6.07, 6.45) is 0. The second-order valence-electron chi connectivity index (χ2n) is 12.5. The van der Waals surface area contributed by atoms with Crippen molar-refractivity contribution >= 4 is 39.0 Å². The summed E-state index contributed by atoms with van der Waals surface area (Å²) in [7, 11) is 0. The highest BCUT2D eigenvalue weighted by atomic mass is 16.3. The molecule has 0 bridgehead atoms. The van der Waals surface area contributed by atoms with Crippen molar-refractivity contribution in [2.45, 2.75) is 0 Å². The zero-order valence-corrected chi connectivity index (χ0v) is 27.4. The monoisotopic (exact) mass is 639 g/mol. The Labute approximate surface area is 292 Å². The third-order valence-corrected chi connectivity index (χ3v) is 9.51. The summed E-state index contributed by atoms with van der Waals surface area (Å²) in [5.74, 6) is 0. The summed E-state index contributed by atoms with van der Waals surface area (Å²) in [6.45, 7) is 0. The van der Waals surface area contributed by atoms with Crippen molar-refractivity contribution in [1.82, 2.24) is 0 Å². The lowest BCUT2D eigenvalue weighted by Gasteiger charge is -2.27. The molecule has 0 saturated heterocycles. The lowest BCUT2D eigenvalue weighted by Crippen LogP contribution is -2.10. The van der Waals surface area contributed by atoms with Gasteiger partial charge >= 0.3 is 0 Å². The van der Waals surface area contributed by atoms with Gasteiger partial charge in [-0.15, -0.1) is 0 Å². The van der Waals surface area contributed by atoms with E-state index in [2.05, 4.69) is 199 Å². The molecule has 0 fully saturated rings. The molecule has 2 heteroatoms. The van der Waals surface area contributed by atoms with E-state index in [4.69, 9.17) is 4.42 Å². The fourth-order valence-corrected chi connectivity index (χ4v) is 6.99. The Bertz CT molecular complexity index is 2530. The van der Waals surface area contributed by atoms with Gasteiger partial charge in [0.1, 0.15) is 11.2 Å². The fraction of sp³-hybridized carbons (Fsp3) is 0. The number of rotatable bonds is 7. The maximum Gasteiger partial charge on any atom is 0.145 e. The molecule has 9 rings (SSSR count). The first-order valence-electron chi connectivity index (χ1n) is 17.0. The molecule has 2 nitrogen and oxygen atoms in total. The topological polar surface area (TPSA) is 16.4 Å². The van der Waals surface area contributed by atoms with E-state index >= 15 is 0 Å². The first-order chi connectivity index (χ1) is 24.8. The van der Waals surface area contributed by atoms with E-state index in [0.29, 0.717) is 0 Å². The highest BCUT2D eigenvalue weighted by Crippen LogP contribution is 2.46. The number of furan rings is 1. The molecule has 0 spiro atoms. The molecular formula is C48H33NO. The van der Waals surface area contributed by atoms with Crippen LogP contribution >= 0.6 is 0 Å². The van der Waals surface area contributed by atoms with Crippen LogP contribution in [0.1, 0.15) is 0 Å². The van der Waals surface area contributed by atoms with Crippen LogP contribution in [0.15, 0.2) is 205 Å². The zero-order chi connectivity index (χ0) is 33.3. The Hall–Kier alpha value is -6.64. The van der Waals surface area contributed by atoms with Crippen LogP contribution in [0.4, 0.5) is 17.1 Å². The van der Waals surface area contributed by atoms with Crippen LogP contribution in [0.3, 0.4) is 0 Å². The maximum atomic E-state index is 6.67. The average molecular weight is 640 g/mol. The molecule has 0 aliphatic heterocycles. The lowest BCUT2D eigenvalue weighted by atomic mass is 9.98. The molecule has 50 heavy (non-hydrogen) atoms. The second kappa shape index (κ2) is 12.8. The van der Waals surface area contributed by atoms with Crippen LogP contribution in [-0.4, -0.2) is 0 Å². The van der Waals surface area contributed by atoms with Gasteiger partial charge in [0.15, 0.2) is 0 Å². The number of hydrogen-bond acceptors (Lipinski definition) is 2. The predicted molar refractivity (Wildman–Crippen MR) is 210 cm³/mol. The van der Waals surface area contributed by atoms with Gasteiger partial charge in [-0.25, -0.2) is 0 Å². The highest BCUT2D eigenvalue weighted by molar-refractivity contribution is 6.17. The fourth-order valence-electron chi connectivity index (χ4n) is 6.99. The van der Waals surface area contributed by atoms with Crippen molar-refractivity contribution in [1.29, 1.82) is 0 Å². The van der Waals surface area contributed by atoms with E-state index < -0.39 is 0 Å². The van der Waals surface area contributed by atoms with E-state index in [0.717, 1.165) is 50.1 Å². The van der Waals surface area contributed by atoms with Gasteiger partial charge in [0, 0.05) is 22.3 Å². The third-order valence-electron chi connectivity index (χ3n) is 9.51. The Balaban J connectivity index is 1.18. The lowest BCUT2D eigenvalue weighted by molar-refractivity contribution is 0.670. The Morgan fingerprint density at radius 1 is 0.320 bits per heavy atom. The van der Waals surface area contributed by atoms with E-state index in [9.17, 15) is 0 Å². The quantitative estimate of drug-likeness (QED) is 0.173. The van der Waals surface area contributed by atoms with Crippen LogP contribution < -0.4 is 4.90 Å². The molecule has 1 heterocycles. The molecule has 0 amide bonds. The molecule has 0 unspecified atom stereocenters. The standard InChI is InChI=1S/C48H33NO/c1-4-12-34(13-5-1)36-20-22-37(23-21-36)39-26-30-42(31-27-39)49(41-28-24-38(25-29-41)35-14-6-2-7-15-35)45-33-32-43(40-16-8-3-9-17-40)48-47(45)44-18-10-11-19-46(44)50-48/h1-33H. The SMILES string of the molecule is c1ccc(-c2ccc(-c3ccc(N(c4ccc(-c5ccccc5)cc4)c4ccc(-c5ccccc5)c5oc6ccccc6c45)cc3)cc2)cc1. The van der Waals surface area contributed by atoms with Gasteiger partial charge in [-0.3, -0.25) is 0 Å². The molecule has 0 N–H and O–H groups in total. The van der Waals surface area contributed by atoms with Gasteiger partial charge in [0.2, 0.25) is 0 Å². The Morgan fingerprint density at radius 2 is 0.720 bits per heavy atom. The van der Waals surface area contributed by atoms with Crippen molar-refractivity contribution in [3.63, 3.8) is 0 Å². The minimum absolute atomic E-state index is 0.876. The Morgan fingerprint density at radius 3 is 1.22 bits per heavy atom. The van der Waals surface area contributed by atoms with Gasteiger partial charge < -0.3 is 9.32 Å². The van der Waals surface area contributed by atoms with Crippen molar-refractivity contribution in [3.05, 3.63) is 200 Å². The molecule has 0 saturated carbocycles. The van der Waals surface area contributed by atoms with E-state index in [1.54, 1.807) is 0 Å². The van der Waals surface area contributed by atoms with Gasteiger partial charge in [-0.05, 0) is 81.4 Å². The smallest absolute Gasteiger partial charge is 0.145 e. The highest BCUT2D eigenvalue weighted by Gasteiger charge is 2.22. The number of benzene rings is 8. The molecule has 0 radical (unpaired) electrons. The van der Waals surface area contributed by atoms with E-state index in [-0.39, 0.29) is 0 Å². The molecule has 236 valence electrons. The first-order valence-corrected chi connectivity index (χ1v) is 17.0. The van der Waals surface area contributed by atoms with E-state index in [1.165, 1.54) is 33.4 Å². The molecule has 8 aromatic carbocycles. The van der Waals surface area contributed by atoms with Crippen LogP contribution in [0, 0.1) is 0 Å². The van der Waals surface area contributed by atoms with E-state index in [1.807, 2.05) is 6.07 Å². The molecule has 0 aliphatic carbocycles. The van der Waals surface area contributed by atoms with Crippen LogP contribution in [0.5, 0.6) is 0 Å². The van der Waals surface area contributed by atoms with Crippen LogP contribution in [-0.2, 0) is 0 Å². The normalized spacial score (nSPS) is 11.2. The summed E-state index contributed by atoms with van der Waals surface area (Å²) in [5, 5.41) is 2.19. The molecule has 0 atom stereocenters. The van der Waals surface area contributed by atoms with Gasteiger partial charge in [0.25, 0.3) is 0 Å². The summed E-state index contributed by atoms with van der Waals surface area (Å²) in [6, 6.07) is 70.9. The minimum atomic E-state index is 0.876. The van der Waals surface area contributed by atoms with Crippen molar-refractivity contribution in [2.75, 3.05) is 4.90 Å². The molecule has 1 aromatic heterocycles. The summed E-state index contributed by atoms with van der Waals surface area (Å²) >= 11 is 0. The van der Waals surface area contributed by atoms with Crippen molar-refractivity contribution in [2.24, 2.45) is 0 Å². The number of para-hydroxylation sites is 1. The third kappa shape index (κ3) is 5.43. The van der Waals surface area contributed by atoms with Crippen LogP contribution in [0.2, 0.25) is 0 Å². The number of hydrogen-bond donors (Lipinski definition) is 0. The number of anilines is 3. The summed E-state index contributed by atoms with van der Waals surface area (Å²) in [4.78, 5) is 2.36. The molecule has 9 aromatic rings. The minimum Gasteiger partial charge on any atom is -0.455 e. The number of fused-ring (bicyclic) bond motifs is 3. The first kappa shape index (κ1) is 29.5. The largest absolute Gasteiger partial charge is 0.455 e. The van der Waals surface area contributed by atoms with Gasteiger partial charge in [-0.2, -0.15) is 0 Å². The zero-order valence-electron chi connectivity index (χ0n) is 27.4. The van der Waals surface area contributed by atoms with Gasteiger partial charge in [-0.1, -0.05) is 158 Å². The average Bonchev–Trinajstić information content (AvgIpc) is 3.60. The summed E-state index contributed by atoms with van der Waals surface area (Å²) < 4.78 is 6.67. The van der Waals surface area contributed by atoms with Gasteiger partial charge in [0.05, 0.1) is 11.1 Å². The summed E-state index contributed by atoms with van der Waals surface area (Å²) in [5.41, 5.74) is 14.4. The van der Waals surface area contributed by atoms with Crippen molar-refractivity contribution < 1.29 is 4.42 Å². The molecule has 0 aliphatic rings. The number of nitrogens with zero attached hydrogens (tertiary/aromatic N) is 1.